The number of aromatic nitrogens is 2. The van der Waals surface area contributed by atoms with E-state index < -0.39 is 0 Å². The van der Waals surface area contributed by atoms with Gasteiger partial charge in [0.2, 0.25) is 0 Å². The fourth-order valence-electron chi connectivity index (χ4n) is 1.91. The molecule has 0 radical (unpaired) electrons. The number of hydrogen-bond acceptors (Lipinski definition) is 4. The molecule has 2 aromatic rings. The van der Waals surface area contributed by atoms with Crippen LogP contribution in [0.25, 0.3) is 0 Å². The molecule has 3 nitrogen and oxygen atoms in total. The Bertz CT molecular complexity index is 473. The van der Waals surface area contributed by atoms with Gasteiger partial charge in [0.05, 0.1) is 22.4 Å². The predicted molar refractivity (Wildman–Crippen MR) is 75.9 cm³/mol. The van der Waals surface area contributed by atoms with Crippen molar-refractivity contribution in [3.8, 4) is 0 Å². The second-order valence-corrected chi connectivity index (χ2v) is 5.61. The second-order valence-electron chi connectivity index (χ2n) is 4.32. The van der Waals surface area contributed by atoms with Crippen LogP contribution in [-0.2, 0) is 6.42 Å². The summed E-state index contributed by atoms with van der Waals surface area (Å²) in [4.78, 5) is 10.4. The Morgan fingerprint density at radius 2 is 2.17 bits per heavy atom. The van der Waals surface area contributed by atoms with Crippen LogP contribution in [0.5, 0.6) is 0 Å². The zero-order valence-corrected chi connectivity index (χ0v) is 11.9. The monoisotopic (exact) mass is 261 g/mol. The van der Waals surface area contributed by atoms with E-state index >= 15 is 0 Å². The average Bonchev–Trinajstić information content (AvgIpc) is 2.69. The number of rotatable bonds is 5. The van der Waals surface area contributed by atoms with Crippen LogP contribution >= 0.6 is 11.3 Å². The van der Waals surface area contributed by atoms with Gasteiger partial charge in [-0.05, 0) is 32.5 Å². The van der Waals surface area contributed by atoms with Crippen LogP contribution in [0.15, 0.2) is 24.4 Å². The summed E-state index contributed by atoms with van der Waals surface area (Å²) in [5.41, 5.74) is 2.23. The molecule has 0 amide bonds. The summed E-state index contributed by atoms with van der Waals surface area (Å²) in [5, 5.41) is 4.66. The molecule has 96 valence electrons. The maximum absolute atomic E-state index is 4.61. The first kappa shape index (κ1) is 13.2. The Balaban J connectivity index is 2.16. The number of hydrogen-bond donors (Lipinski definition) is 1. The van der Waals surface area contributed by atoms with Gasteiger partial charge in [-0.2, -0.15) is 0 Å². The largest absolute Gasteiger partial charge is 0.309 e. The standard InChI is InChI=1S/C14H19N3S/c1-4-15-13(12-7-5-6-8-16-12)9-14-17-10(2)11(3)18-14/h5-8,13,15H,4,9H2,1-3H3. The number of thiazole rings is 1. The van der Waals surface area contributed by atoms with Crippen LogP contribution in [0.2, 0.25) is 0 Å². The molecule has 0 aliphatic heterocycles. The maximum Gasteiger partial charge on any atom is 0.0950 e. The summed E-state index contributed by atoms with van der Waals surface area (Å²) in [7, 11) is 0. The lowest BCUT2D eigenvalue weighted by atomic mass is 10.1. The van der Waals surface area contributed by atoms with Crippen LogP contribution < -0.4 is 5.32 Å². The minimum Gasteiger partial charge on any atom is -0.309 e. The lowest BCUT2D eigenvalue weighted by Gasteiger charge is -2.15. The molecular weight excluding hydrogens is 242 g/mol. The molecule has 0 fully saturated rings. The van der Waals surface area contributed by atoms with E-state index in [0.717, 1.165) is 24.4 Å². The van der Waals surface area contributed by atoms with E-state index in [2.05, 4.69) is 42.1 Å². The molecule has 0 aliphatic rings. The molecule has 0 saturated carbocycles. The van der Waals surface area contributed by atoms with Crippen molar-refractivity contribution in [1.82, 2.24) is 15.3 Å². The van der Waals surface area contributed by atoms with Crippen molar-refractivity contribution >= 4 is 11.3 Å². The van der Waals surface area contributed by atoms with Gasteiger partial charge in [0.15, 0.2) is 0 Å². The van der Waals surface area contributed by atoms with Crippen molar-refractivity contribution in [2.45, 2.75) is 33.2 Å². The molecule has 0 aromatic carbocycles. The van der Waals surface area contributed by atoms with Gasteiger partial charge < -0.3 is 5.32 Å². The molecule has 2 aromatic heterocycles. The third-order valence-corrected chi connectivity index (χ3v) is 4.04. The smallest absolute Gasteiger partial charge is 0.0950 e. The third-order valence-electron chi connectivity index (χ3n) is 2.95. The zero-order valence-electron chi connectivity index (χ0n) is 11.1. The van der Waals surface area contributed by atoms with Gasteiger partial charge in [0.25, 0.3) is 0 Å². The van der Waals surface area contributed by atoms with E-state index in [-0.39, 0.29) is 6.04 Å². The Morgan fingerprint density at radius 3 is 2.72 bits per heavy atom. The van der Waals surface area contributed by atoms with Gasteiger partial charge in [-0.3, -0.25) is 4.98 Å². The first-order chi connectivity index (χ1) is 8.70. The highest BCUT2D eigenvalue weighted by molar-refractivity contribution is 7.11. The summed E-state index contributed by atoms with van der Waals surface area (Å²) >= 11 is 1.78. The molecule has 18 heavy (non-hydrogen) atoms. The van der Waals surface area contributed by atoms with Crippen molar-refractivity contribution in [2.75, 3.05) is 6.54 Å². The van der Waals surface area contributed by atoms with Gasteiger partial charge in [0.1, 0.15) is 0 Å². The summed E-state index contributed by atoms with van der Waals surface area (Å²) in [6.45, 7) is 7.25. The number of nitrogens with zero attached hydrogens (tertiary/aromatic N) is 2. The highest BCUT2D eigenvalue weighted by Gasteiger charge is 2.15. The minimum absolute atomic E-state index is 0.251. The predicted octanol–water partition coefficient (Wildman–Crippen LogP) is 3.05. The number of nitrogens with one attached hydrogen (secondary N) is 1. The van der Waals surface area contributed by atoms with E-state index in [9.17, 15) is 0 Å². The second kappa shape index (κ2) is 6.07. The zero-order chi connectivity index (χ0) is 13.0. The molecule has 4 heteroatoms. The Hall–Kier alpha value is -1.26. The molecule has 1 atom stereocenters. The minimum atomic E-state index is 0.251. The normalized spacial score (nSPS) is 12.6. The summed E-state index contributed by atoms with van der Waals surface area (Å²) in [5.74, 6) is 0. The summed E-state index contributed by atoms with van der Waals surface area (Å²) in [6, 6.07) is 6.30. The molecule has 1 unspecified atom stereocenters. The molecule has 0 aliphatic carbocycles. The number of aryl methyl sites for hydroxylation is 2. The molecule has 0 bridgehead atoms. The van der Waals surface area contributed by atoms with Crippen LogP contribution in [0, 0.1) is 13.8 Å². The topological polar surface area (TPSA) is 37.8 Å². The van der Waals surface area contributed by atoms with E-state index in [0.29, 0.717) is 0 Å². The fraction of sp³-hybridized carbons (Fsp3) is 0.429. The average molecular weight is 261 g/mol. The van der Waals surface area contributed by atoms with Gasteiger partial charge in [-0.1, -0.05) is 13.0 Å². The Kier molecular flexibility index (Phi) is 4.44. The highest BCUT2D eigenvalue weighted by atomic mass is 32.1. The molecule has 0 spiro atoms. The Labute approximate surface area is 112 Å². The molecular formula is C14H19N3S. The number of pyridine rings is 1. The van der Waals surface area contributed by atoms with Gasteiger partial charge in [-0.15, -0.1) is 11.3 Å². The van der Waals surface area contributed by atoms with Gasteiger partial charge in [-0.25, -0.2) is 4.98 Å². The first-order valence-corrected chi connectivity index (χ1v) is 7.09. The van der Waals surface area contributed by atoms with E-state index in [1.54, 1.807) is 11.3 Å². The van der Waals surface area contributed by atoms with Gasteiger partial charge >= 0.3 is 0 Å². The van der Waals surface area contributed by atoms with Crippen LogP contribution in [0.4, 0.5) is 0 Å². The third kappa shape index (κ3) is 3.15. The van der Waals surface area contributed by atoms with Crippen LogP contribution in [0.3, 0.4) is 0 Å². The lowest BCUT2D eigenvalue weighted by Crippen LogP contribution is -2.23. The van der Waals surface area contributed by atoms with Crippen molar-refractivity contribution in [1.29, 1.82) is 0 Å². The van der Waals surface area contributed by atoms with Crippen molar-refractivity contribution in [2.24, 2.45) is 0 Å². The van der Waals surface area contributed by atoms with Crippen molar-refractivity contribution in [3.05, 3.63) is 45.7 Å². The quantitative estimate of drug-likeness (QED) is 0.899. The fourth-order valence-corrected chi connectivity index (χ4v) is 2.89. The maximum atomic E-state index is 4.61. The SMILES string of the molecule is CCNC(Cc1nc(C)c(C)s1)c1ccccn1. The van der Waals surface area contributed by atoms with E-state index in [1.165, 1.54) is 9.88 Å². The molecule has 2 heterocycles. The first-order valence-electron chi connectivity index (χ1n) is 6.28. The van der Waals surface area contributed by atoms with Gasteiger partial charge in [0, 0.05) is 17.5 Å². The van der Waals surface area contributed by atoms with Crippen molar-refractivity contribution in [3.63, 3.8) is 0 Å². The Morgan fingerprint density at radius 1 is 1.33 bits per heavy atom. The molecule has 1 N–H and O–H groups in total. The van der Waals surface area contributed by atoms with Crippen molar-refractivity contribution < 1.29 is 0 Å². The van der Waals surface area contributed by atoms with E-state index in [1.807, 2.05) is 18.3 Å². The summed E-state index contributed by atoms with van der Waals surface area (Å²) in [6.07, 6.45) is 2.75. The van der Waals surface area contributed by atoms with Crippen LogP contribution in [0.1, 0.15) is 34.2 Å². The number of likely N-dealkylation sites (N-methyl/N-ethyl adjacent to an activating group) is 1. The summed E-state index contributed by atoms with van der Waals surface area (Å²) < 4.78 is 0. The lowest BCUT2D eigenvalue weighted by molar-refractivity contribution is 0.535. The highest BCUT2D eigenvalue weighted by Crippen LogP contribution is 2.22. The van der Waals surface area contributed by atoms with Crippen LogP contribution in [-0.4, -0.2) is 16.5 Å². The molecule has 0 saturated heterocycles. The molecule has 2 rings (SSSR count). The van der Waals surface area contributed by atoms with E-state index in [4.69, 9.17) is 0 Å².